The Morgan fingerprint density at radius 2 is 2.26 bits per heavy atom. The van der Waals surface area contributed by atoms with E-state index >= 15 is 0 Å². The van der Waals surface area contributed by atoms with Crippen molar-refractivity contribution in [1.82, 2.24) is 15.4 Å². The fraction of sp³-hybridized carbons (Fsp3) is 0.545. The van der Waals surface area contributed by atoms with Gasteiger partial charge in [0, 0.05) is 19.0 Å². The van der Waals surface area contributed by atoms with Gasteiger partial charge in [-0.25, -0.2) is 13.1 Å². The Hall–Kier alpha value is -1.38. The molecule has 0 radical (unpaired) electrons. The number of hydrogen-bond acceptors (Lipinski definition) is 5. The van der Waals surface area contributed by atoms with Crippen LogP contribution in [0.5, 0.6) is 0 Å². The van der Waals surface area contributed by atoms with Crippen molar-refractivity contribution < 1.29 is 17.6 Å². The summed E-state index contributed by atoms with van der Waals surface area (Å²) < 4.78 is 30.3. The summed E-state index contributed by atoms with van der Waals surface area (Å²) in [6, 6.07) is 3.17. The molecule has 0 aliphatic carbocycles. The Morgan fingerprint density at radius 1 is 1.47 bits per heavy atom. The van der Waals surface area contributed by atoms with Gasteiger partial charge in [0.05, 0.1) is 6.54 Å². The van der Waals surface area contributed by atoms with Crippen LogP contribution in [-0.4, -0.2) is 34.0 Å². The van der Waals surface area contributed by atoms with Crippen LogP contribution < -0.4 is 15.4 Å². The Morgan fingerprint density at radius 3 is 2.89 bits per heavy atom. The summed E-state index contributed by atoms with van der Waals surface area (Å²) >= 11 is 0. The highest BCUT2D eigenvalue weighted by atomic mass is 32.2. The van der Waals surface area contributed by atoms with Crippen LogP contribution in [0.4, 0.5) is 0 Å². The molecule has 7 nitrogen and oxygen atoms in total. The second kappa shape index (κ2) is 5.72. The summed E-state index contributed by atoms with van der Waals surface area (Å²) in [5.74, 6) is 0.616. The van der Waals surface area contributed by atoms with E-state index < -0.39 is 10.0 Å². The average molecular weight is 287 g/mol. The molecule has 1 aliphatic rings. The number of furan rings is 1. The van der Waals surface area contributed by atoms with Crippen LogP contribution in [-0.2, 0) is 21.4 Å². The molecular formula is C11H17N3O4S. The van der Waals surface area contributed by atoms with E-state index in [9.17, 15) is 13.2 Å². The van der Waals surface area contributed by atoms with E-state index in [1.165, 1.54) is 13.1 Å². The fourth-order valence-corrected chi connectivity index (χ4v) is 2.56. The smallest absolute Gasteiger partial charge is 0.273 e. The summed E-state index contributed by atoms with van der Waals surface area (Å²) in [5, 5.41) is 5.87. The highest BCUT2D eigenvalue weighted by molar-refractivity contribution is 7.89. The van der Waals surface area contributed by atoms with Crippen LogP contribution >= 0.6 is 0 Å². The molecule has 3 N–H and O–H groups in total. The van der Waals surface area contributed by atoms with Gasteiger partial charge in [-0.2, -0.15) is 0 Å². The summed E-state index contributed by atoms with van der Waals surface area (Å²) in [6.45, 7) is 1.06. The van der Waals surface area contributed by atoms with E-state index in [4.69, 9.17) is 4.42 Å². The van der Waals surface area contributed by atoms with E-state index in [0.717, 1.165) is 6.42 Å². The number of amides is 1. The molecule has 19 heavy (non-hydrogen) atoms. The third-order valence-corrected chi connectivity index (χ3v) is 4.23. The van der Waals surface area contributed by atoms with Crippen LogP contribution in [0.2, 0.25) is 0 Å². The molecule has 1 amide bonds. The lowest BCUT2D eigenvalue weighted by Gasteiger charge is -2.09. The maximum Gasteiger partial charge on any atom is 0.273 e. The molecule has 0 bridgehead atoms. The van der Waals surface area contributed by atoms with Crippen LogP contribution in [0.3, 0.4) is 0 Å². The Balaban J connectivity index is 1.82. The van der Waals surface area contributed by atoms with Crippen LogP contribution in [0.25, 0.3) is 0 Å². The topological polar surface area (TPSA) is 100 Å². The molecule has 1 aliphatic heterocycles. The minimum atomic E-state index is -3.53. The summed E-state index contributed by atoms with van der Waals surface area (Å²) in [7, 11) is -2.19. The van der Waals surface area contributed by atoms with E-state index in [2.05, 4.69) is 15.4 Å². The normalized spacial score (nSPS) is 19.6. The molecule has 2 rings (SSSR count). The van der Waals surface area contributed by atoms with Crippen molar-refractivity contribution in [3.8, 4) is 0 Å². The van der Waals surface area contributed by atoms with Crippen molar-refractivity contribution in [2.45, 2.75) is 30.5 Å². The number of rotatable bonds is 6. The molecule has 1 aromatic heterocycles. The largest absolute Gasteiger partial charge is 0.447 e. The zero-order valence-corrected chi connectivity index (χ0v) is 11.4. The standard InChI is InChI=1S/C11H17N3O4S/c1-12-19(16,17)11-5-3-9(18-11)7-13-6-8-2-4-10(15)14-8/h3,5,8,12-13H,2,4,6-7H2,1H3,(H,14,15). The molecule has 1 unspecified atom stereocenters. The van der Waals surface area contributed by atoms with Crippen LogP contribution in [0, 0.1) is 0 Å². The first-order valence-electron chi connectivity index (χ1n) is 6.03. The molecule has 1 fully saturated rings. The van der Waals surface area contributed by atoms with Gasteiger partial charge in [0.25, 0.3) is 10.0 Å². The van der Waals surface area contributed by atoms with E-state index in [-0.39, 0.29) is 17.0 Å². The van der Waals surface area contributed by atoms with Crippen molar-refractivity contribution in [3.63, 3.8) is 0 Å². The number of carbonyl (C=O) groups excluding carboxylic acids is 1. The Kier molecular flexibility index (Phi) is 4.23. The summed E-state index contributed by atoms with van der Waals surface area (Å²) in [6.07, 6.45) is 1.39. The maximum absolute atomic E-state index is 11.5. The third kappa shape index (κ3) is 3.55. The molecular weight excluding hydrogens is 270 g/mol. The molecule has 1 saturated heterocycles. The van der Waals surface area contributed by atoms with Crippen molar-refractivity contribution in [2.75, 3.05) is 13.6 Å². The first kappa shape index (κ1) is 14.0. The second-order valence-corrected chi connectivity index (χ2v) is 6.18. The van der Waals surface area contributed by atoms with E-state index in [1.54, 1.807) is 6.07 Å². The Labute approximate surface area is 111 Å². The number of sulfonamides is 1. The zero-order valence-electron chi connectivity index (χ0n) is 10.6. The number of carbonyl (C=O) groups is 1. The molecule has 106 valence electrons. The average Bonchev–Trinajstić information content (AvgIpc) is 2.99. The van der Waals surface area contributed by atoms with Gasteiger partial charge in [-0.15, -0.1) is 0 Å². The van der Waals surface area contributed by atoms with Crippen molar-refractivity contribution >= 4 is 15.9 Å². The van der Waals surface area contributed by atoms with Gasteiger partial charge < -0.3 is 15.1 Å². The SMILES string of the molecule is CNS(=O)(=O)c1ccc(CNCC2CCC(=O)N2)o1. The van der Waals surface area contributed by atoms with Crippen molar-refractivity contribution in [2.24, 2.45) is 0 Å². The van der Waals surface area contributed by atoms with E-state index in [1.807, 2.05) is 0 Å². The van der Waals surface area contributed by atoms with Crippen LogP contribution in [0.15, 0.2) is 21.6 Å². The van der Waals surface area contributed by atoms with Gasteiger partial charge >= 0.3 is 0 Å². The van der Waals surface area contributed by atoms with Gasteiger partial charge in [-0.1, -0.05) is 0 Å². The maximum atomic E-state index is 11.5. The lowest BCUT2D eigenvalue weighted by Crippen LogP contribution is -2.35. The highest BCUT2D eigenvalue weighted by Gasteiger charge is 2.20. The first-order valence-corrected chi connectivity index (χ1v) is 7.52. The first-order chi connectivity index (χ1) is 9.01. The Bertz CT molecular complexity index is 552. The van der Waals surface area contributed by atoms with Crippen molar-refractivity contribution in [3.05, 3.63) is 17.9 Å². The lowest BCUT2D eigenvalue weighted by atomic mass is 10.2. The van der Waals surface area contributed by atoms with Gasteiger partial charge in [0.1, 0.15) is 5.76 Å². The minimum absolute atomic E-state index is 0.0761. The highest BCUT2D eigenvalue weighted by Crippen LogP contribution is 2.13. The van der Waals surface area contributed by atoms with Gasteiger partial charge in [-0.05, 0) is 25.6 Å². The van der Waals surface area contributed by atoms with Gasteiger partial charge in [0.15, 0.2) is 0 Å². The number of nitrogens with one attached hydrogen (secondary N) is 3. The summed E-state index contributed by atoms with van der Waals surface area (Å²) in [5.41, 5.74) is 0. The monoisotopic (exact) mass is 287 g/mol. The summed E-state index contributed by atoms with van der Waals surface area (Å²) in [4.78, 5) is 11.0. The second-order valence-electron chi connectivity index (χ2n) is 4.36. The predicted molar refractivity (Wildman–Crippen MR) is 67.8 cm³/mol. The molecule has 2 heterocycles. The molecule has 1 aromatic rings. The molecule has 0 saturated carbocycles. The third-order valence-electron chi connectivity index (χ3n) is 2.95. The quantitative estimate of drug-likeness (QED) is 0.658. The van der Waals surface area contributed by atoms with Crippen molar-refractivity contribution in [1.29, 1.82) is 0 Å². The zero-order chi connectivity index (χ0) is 13.9. The molecule has 8 heteroatoms. The molecule has 0 spiro atoms. The fourth-order valence-electron chi connectivity index (χ4n) is 1.90. The predicted octanol–water partition coefficient (Wildman–Crippen LogP) is -0.444. The van der Waals surface area contributed by atoms with Crippen LogP contribution in [0.1, 0.15) is 18.6 Å². The number of hydrogen-bond donors (Lipinski definition) is 3. The molecule has 0 aromatic carbocycles. The lowest BCUT2D eigenvalue weighted by molar-refractivity contribution is -0.119. The van der Waals surface area contributed by atoms with E-state index in [0.29, 0.717) is 25.3 Å². The van der Waals surface area contributed by atoms with Gasteiger partial charge in [-0.3, -0.25) is 4.79 Å². The minimum Gasteiger partial charge on any atom is -0.447 e. The van der Waals surface area contributed by atoms with Gasteiger partial charge in [0.2, 0.25) is 11.0 Å². The molecule has 1 atom stereocenters.